The Labute approximate surface area is 180 Å². The third-order valence-corrected chi connectivity index (χ3v) is 5.89. The third kappa shape index (κ3) is 4.75. The first kappa shape index (κ1) is 21.0. The van der Waals surface area contributed by atoms with Crippen LogP contribution >= 0.6 is 0 Å². The molecule has 2 aliphatic heterocycles. The molecule has 9 heteroatoms. The van der Waals surface area contributed by atoms with Crippen molar-refractivity contribution in [3.8, 4) is 6.07 Å². The summed E-state index contributed by atoms with van der Waals surface area (Å²) in [6.07, 6.45) is 5.91. The van der Waals surface area contributed by atoms with E-state index >= 15 is 0 Å². The lowest BCUT2D eigenvalue weighted by atomic mass is 10.1. The molecule has 0 saturated carbocycles. The van der Waals surface area contributed by atoms with Gasteiger partial charge in [-0.15, -0.1) is 0 Å². The summed E-state index contributed by atoms with van der Waals surface area (Å²) >= 11 is 0. The Kier molecular flexibility index (Phi) is 6.28. The van der Waals surface area contributed by atoms with Crippen molar-refractivity contribution in [2.24, 2.45) is 0 Å². The van der Waals surface area contributed by atoms with Crippen LogP contribution < -0.4 is 0 Å². The van der Waals surface area contributed by atoms with E-state index in [2.05, 4.69) is 10.00 Å². The van der Waals surface area contributed by atoms with Crippen molar-refractivity contribution in [1.29, 1.82) is 5.26 Å². The molecule has 0 bridgehead atoms. The van der Waals surface area contributed by atoms with Crippen molar-refractivity contribution in [2.75, 3.05) is 39.3 Å². The van der Waals surface area contributed by atoms with Gasteiger partial charge in [0.2, 0.25) is 0 Å². The number of benzene rings is 1. The van der Waals surface area contributed by atoms with Crippen LogP contribution in [0.3, 0.4) is 0 Å². The number of nitriles is 1. The molecule has 8 nitrogen and oxygen atoms in total. The predicted molar refractivity (Wildman–Crippen MR) is 111 cm³/mol. The second-order valence-corrected chi connectivity index (χ2v) is 7.99. The molecule has 0 N–H and O–H groups in total. The summed E-state index contributed by atoms with van der Waals surface area (Å²) in [6.45, 7) is 4.09. The minimum atomic E-state index is -0.373. The highest BCUT2D eigenvalue weighted by Gasteiger charge is 2.24. The molecule has 0 aliphatic carbocycles. The first-order chi connectivity index (χ1) is 15.0. The summed E-state index contributed by atoms with van der Waals surface area (Å²) in [5.74, 6) is -0.475. The van der Waals surface area contributed by atoms with Crippen LogP contribution in [0.1, 0.15) is 40.7 Å². The Morgan fingerprint density at radius 2 is 1.77 bits per heavy atom. The van der Waals surface area contributed by atoms with Gasteiger partial charge in [-0.05, 0) is 31.4 Å². The third-order valence-electron chi connectivity index (χ3n) is 5.89. The van der Waals surface area contributed by atoms with Crippen molar-refractivity contribution < 1.29 is 14.0 Å². The van der Waals surface area contributed by atoms with Crippen molar-refractivity contribution in [2.45, 2.75) is 25.8 Å². The van der Waals surface area contributed by atoms with E-state index in [1.165, 1.54) is 23.1 Å². The fraction of sp³-hybridized carbons (Fsp3) is 0.455. The number of nitrogens with zero attached hydrogens (tertiary/aromatic N) is 6. The van der Waals surface area contributed by atoms with E-state index < -0.39 is 0 Å². The number of amides is 2. The first-order valence-corrected chi connectivity index (χ1v) is 10.6. The number of likely N-dealkylation sites (tertiary alicyclic amines) is 1. The number of carbonyl (C=O) groups excluding carboxylic acids is 2. The van der Waals surface area contributed by atoms with Gasteiger partial charge in [0.1, 0.15) is 11.9 Å². The Balaban J connectivity index is 1.32. The molecule has 2 amide bonds. The number of hydrogen-bond acceptors (Lipinski definition) is 5. The first-order valence-electron chi connectivity index (χ1n) is 10.6. The van der Waals surface area contributed by atoms with Gasteiger partial charge in [-0.25, -0.2) is 9.18 Å². The van der Waals surface area contributed by atoms with Crippen LogP contribution in [-0.4, -0.2) is 75.7 Å². The Hall–Kier alpha value is -3.25. The van der Waals surface area contributed by atoms with E-state index in [9.17, 15) is 14.0 Å². The molecule has 2 aromatic rings. The number of piperazine rings is 1. The van der Waals surface area contributed by atoms with Gasteiger partial charge in [0.15, 0.2) is 0 Å². The number of carbonyl (C=O) groups is 2. The van der Waals surface area contributed by atoms with E-state index in [1.807, 2.05) is 6.07 Å². The Morgan fingerprint density at radius 3 is 2.42 bits per heavy atom. The average molecular weight is 424 g/mol. The SMILES string of the molecule is N#Cc1cnn(C(=O)N2CCN(Cc3ccc(C(=O)N4CCCCC4)cc3F)CC2)c1. The fourth-order valence-corrected chi connectivity index (χ4v) is 4.06. The van der Waals surface area contributed by atoms with Crippen LogP contribution in [0.25, 0.3) is 0 Å². The van der Waals surface area contributed by atoms with Crippen LogP contribution in [0.5, 0.6) is 0 Å². The second-order valence-electron chi connectivity index (χ2n) is 7.99. The number of aromatic nitrogens is 2. The normalized spacial score (nSPS) is 17.4. The van der Waals surface area contributed by atoms with Gasteiger partial charge < -0.3 is 9.80 Å². The number of piperidine rings is 1. The molecule has 1 aromatic heterocycles. The van der Waals surface area contributed by atoms with E-state index in [0.29, 0.717) is 49.4 Å². The van der Waals surface area contributed by atoms with Gasteiger partial charge in [-0.3, -0.25) is 9.69 Å². The topological polar surface area (TPSA) is 85.5 Å². The Bertz CT molecular complexity index is 1000. The van der Waals surface area contributed by atoms with E-state index in [-0.39, 0.29) is 17.8 Å². The van der Waals surface area contributed by atoms with Crippen molar-refractivity contribution in [3.05, 3.63) is 53.1 Å². The molecule has 1 aromatic carbocycles. The second kappa shape index (κ2) is 9.27. The summed E-state index contributed by atoms with van der Waals surface area (Å²) in [7, 11) is 0. The summed E-state index contributed by atoms with van der Waals surface area (Å²) in [6, 6.07) is 6.43. The van der Waals surface area contributed by atoms with E-state index in [4.69, 9.17) is 5.26 Å². The van der Waals surface area contributed by atoms with Crippen LogP contribution in [0.4, 0.5) is 9.18 Å². The van der Waals surface area contributed by atoms with Crippen molar-refractivity contribution in [3.63, 3.8) is 0 Å². The fourth-order valence-electron chi connectivity index (χ4n) is 4.06. The maximum Gasteiger partial charge on any atom is 0.344 e. The van der Waals surface area contributed by atoms with E-state index in [1.54, 1.807) is 21.9 Å². The van der Waals surface area contributed by atoms with Crippen molar-refractivity contribution >= 4 is 11.9 Å². The Morgan fingerprint density at radius 1 is 1.03 bits per heavy atom. The summed E-state index contributed by atoms with van der Waals surface area (Å²) in [5.41, 5.74) is 1.28. The van der Waals surface area contributed by atoms with Crippen LogP contribution in [-0.2, 0) is 6.54 Å². The lowest BCUT2D eigenvalue weighted by molar-refractivity contribution is 0.0723. The highest BCUT2D eigenvalue weighted by Crippen LogP contribution is 2.18. The maximum atomic E-state index is 14.7. The van der Waals surface area contributed by atoms with Gasteiger partial charge in [0.05, 0.1) is 18.0 Å². The standard InChI is InChI=1S/C22H25FN6O2/c23-20-12-18(21(30)27-6-2-1-3-7-27)4-5-19(20)16-26-8-10-28(11-9-26)22(31)29-15-17(13-24)14-25-29/h4-5,12,14-15H,1-3,6-11,16H2. The molecule has 162 valence electrons. The molecule has 0 spiro atoms. The van der Waals surface area contributed by atoms with Gasteiger partial charge in [-0.1, -0.05) is 6.07 Å². The molecule has 2 saturated heterocycles. The van der Waals surface area contributed by atoms with Gasteiger partial charge in [0.25, 0.3) is 5.91 Å². The maximum absolute atomic E-state index is 14.7. The van der Waals surface area contributed by atoms with Crippen LogP contribution in [0.2, 0.25) is 0 Å². The lowest BCUT2D eigenvalue weighted by Gasteiger charge is -2.34. The highest BCUT2D eigenvalue weighted by molar-refractivity contribution is 5.94. The molecular weight excluding hydrogens is 399 g/mol. The number of halogens is 1. The molecule has 0 radical (unpaired) electrons. The van der Waals surface area contributed by atoms with E-state index in [0.717, 1.165) is 32.4 Å². The smallest absolute Gasteiger partial charge is 0.339 e. The summed E-state index contributed by atoms with van der Waals surface area (Å²) in [5, 5.41) is 12.8. The molecule has 0 unspecified atom stereocenters. The zero-order valence-corrected chi connectivity index (χ0v) is 17.3. The monoisotopic (exact) mass is 424 g/mol. The molecule has 4 rings (SSSR count). The average Bonchev–Trinajstić information content (AvgIpc) is 3.30. The number of rotatable bonds is 3. The molecular formula is C22H25FN6O2. The number of hydrogen-bond donors (Lipinski definition) is 0. The quantitative estimate of drug-likeness (QED) is 0.755. The zero-order valence-electron chi connectivity index (χ0n) is 17.3. The van der Waals surface area contributed by atoms with Gasteiger partial charge in [-0.2, -0.15) is 15.0 Å². The summed E-state index contributed by atoms with van der Waals surface area (Å²) in [4.78, 5) is 30.6. The molecule has 2 fully saturated rings. The van der Waals surface area contributed by atoms with Crippen LogP contribution in [0.15, 0.2) is 30.6 Å². The largest absolute Gasteiger partial charge is 0.344 e. The molecule has 0 atom stereocenters. The van der Waals surface area contributed by atoms with Gasteiger partial charge in [0, 0.05) is 56.9 Å². The van der Waals surface area contributed by atoms with Crippen LogP contribution in [0, 0.1) is 17.1 Å². The molecule has 3 heterocycles. The molecule has 2 aliphatic rings. The van der Waals surface area contributed by atoms with Crippen molar-refractivity contribution in [1.82, 2.24) is 24.5 Å². The summed E-state index contributed by atoms with van der Waals surface area (Å²) < 4.78 is 15.9. The minimum absolute atomic E-state index is 0.101. The predicted octanol–water partition coefficient (Wildman–Crippen LogP) is 2.31. The highest BCUT2D eigenvalue weighted by atomic mass is 19.1. The zero-order chi connectivity index (χ0) is 21.8. The van der Waals surface area contributed by atoms with Gasteiger partial charge >= 0.3 is 6.03 Å². The lowest BCUT2D eigenvalue weighted by Crippen LogP contribution is -2.49. The minimum Gasteiger partial charge on any atom is -0.339 e. The molecule has 31 heavy (non-hydrogen) atoms.